The maximum absolute atomic E-state index is 12.8. The third-order valence-corrected chi connectivity index (χ3v) is 7.93. The van der Waals surface area contributed by atoms with Gasteiger partial charge in [0.2, 0.25) is 9.84 Å². The zero-order valence-corrected chi connectivity index (χ0v) is 15.9. The first kappa shape index (κ1) is 19.2. The Morgan fingerprint density at radius 2 is 1.12 bits per heavy atom. The Morgan fingerprint density at radius 1 is 0.708 bits per heavy atom. The second kappa shape index (κ2) is 6.30. The van der Waals surface area contributed by atoms with Gasteiger partial charge in [-0.25, -0.2) is 25.3 Å². The van der Waals surface area contributed by atoms with Crippen LogP contribution in [0.5, 0.6) is 0 Å². The lowest BCUT2D eigenvalue weighted by Crippen LogP contribution is -2.12. The molecule has 0 aliphatic carbocycles. The van der Waals surface area contributed by atoms with Crippen molar-refractivity contribution in [1.29, 1.82) is 0 Å². The first-order valence-electron chi connectivity index (χ1n) is 6.19. The summed E-state index contributed by atoms with van der Waals surface area (Å²) in [6.07, 6.45) is 0. The van der Waals surface area contributed by atoms with Gasteiger partial charge in [0, 0.05) is 21.4 Å². The highest BCUT2D eigenvalue weighted by atomic mass is 35.7. The molecule has 0 saturated heterocycles. The summed E-state index contributed by atoms with van der Waals surface area (Å²) in [5, 5.41) is 0. The van der Waals surface area contributed by atoms with Crippen molar-refractivity contribution in [3.05, 3.63) is 48.0 Å². The highest BCUT2D eigenvalue weighted by Gasteiger charge is 2.33. The molecule has 11 heteroatoms. The predicted molar refractivity (Wildman–Crippen MR) is 89.2 cm³/mol. The maximum atomic E-state index is 12.8. The lowest BCUT2D eigenvalue weighted by molar-refractivity contribution is 0.580. The smallest absolute Gasteiger partial charge is 0.218 e. The van der Waals surface area contributed by atoms with Gasteiger partial charge in [0.15, 0.2) is 0 Å². The quantitative estimate of drug-likeness (QED) is 0.693. The van der Waals surface area contributed by atoms with Crippen molar-refractivity contribution >= 4 is 49.3 Å². The van der Waals surface area contributed by atoms with Crippen LogP contribution in [-0.4, -0.2) is 25.3 Å². The van der Waals surface area contributed by atoms with E-state index in [2.05, 4.69) is 0 Å². The van der Waals surface area contributed by atoms with Gasteiger partial charge in [-0.15, -0.1) is 0 Å². The van der Waals surface area contributed by atoms with Gasteiger partial charge in [0.05, 0.1) is 4.90 Å². The van der Waals surface area contributed by atoms with Crippen molar-refractivity contribution < 1.29 is 25.3 Å². The number of hydrogen-bond donors (Lipinski definition) is 0. The van der Waals surface area contributed by atoms with Crippen LogP contribution in [0.1, 0.15) is 5.56 Å². The molecule has 0 aliphatic heterocycles. The van der Waals surface area contributed by atoms with Gasteiger partial charge >= 0.3 is 0 Å². The van der Waals surface area contributed by atoms with E-state index in [4.69, 9.17) is 21.4 Å². The Balaban J connectivity index is 2.98. The molecule has 2 aromatic rings. The monoisotopic (exact) mass is 428 g/mol. The zero-order chi connectivity index (χ0) is 18.3. The molecule has 0 fully saturated rings. The van der Waals surface area contributed by atoms with E-state index in [-0.39, 0.29) is 4.90 Å². The molecule has 0 aromatic heterocycles. The van der Waals surface area contributed by atoms with Crippen LogP contribution in [0, 0.1) is 6.92 Å². The molecule has 0 saturated carbocycles. The Labute approximate surface area is 148 Å². The predicted octanol–water partition coefficient (Wildman–Crippen LogP) is 2.68. The molecule has 0 unspecified atom stereocenters. The molecule has 0 atom stereocenters. The van der Waals surface area contributed by atoms with Crippen LogP contribution in [0.15, 0.2) is 62.0 Å². The van der Waals surface area contributed by atoms with E-state index in [0.717, 1.165) is 23.8 Å². The lowest BCUT2D eigenvalue weighted by atomic mass is 10.2. The summed E-state index contributed by atoms with van der Waals surface area (Å²) < 4.78 is 72.6. The van der Waals surface area contributed by atoms with Crippen LogP contribution in [0.3, 0.4) is 0 Å². The fourth-order valence-corrected chi connectivity index (χ4v) is 6.95. The Hall–Kier alpha value is -1.13. The zero-order valence-electron chi connectivity index (χ0n) is 12.0. The van der Waals surface area contributed by atoms with Gasteiger partial charge in [-0.05, 0) is 31.2 Å². The molecule has 0 spiro atoms. The van der Waals surface area contributed by atoms with Gasteiger partial charge in [0.1, 0.15) is 14.7 Å². The summed E-state index contributed by atoms with van der Waals surface area (Å²) in [6.45, 7) is 1.72. The van der Waals surface area contributed by atoms with Crippen LogP contribution in [-0.2, 0) is 27.9 Å². The fraction of sp³-hybridized carbons (Fsp3) is 0.0769. The first-order valence-corrected chi connectivity index (χ1v) is 12.3. The number of halogens is 2. The summed E-state index contributed by atoms with van der Waals surface area (Å²) in [6, 6.07) is 8.27. The molecule has 130 valence electrons. The summed E-state index contributed by atoms with van der Waals surface area (Å²) in [5.41, 5.74) is 0.761. The third-order valence-electron chi connectivity index (χ3n) is 3.07. The molecule has 6 nitrogen and oxygen atoms in total. The van der Waals surface area contributed by atoms with Crippen molar-refractivity contribution in [2.24, 2.45) is 0 Å². The van der Waals surface area contributed by atoms with E-state index in [1.54, 1.807) is 6.92 Å². The van der Waals surface area contributed by atoms with Crippen LogP contribution in [0.4, 0.5) is 0 Å². The average Bonchev–Trinajstić information content (AvgIpc) is 2.45. The van der Waals surface area contributed by atoms with Crippen molar-refractivity contribution in [3.8, 4) is 0 Å². The molecule has 24 heavy (non-hydrogen) atoms. The van der Waals surface area contributed by atoms with E-state index < -0.39 is 42.6 Å². The summed E-state index contributed by atoms with van der Waals surface area (Å²) in [4.78, 5) is -2.97. The molecular weight excluding hydrogens is 419 g/mol. The number of aryl methyl sites for hydroxylation is 1. The van der Waals surface area contributed by atoms with E-state index in [1.165, 1.54) is 24.3 Å². The van der Waals surface area contributed by atoms with Gasteiger partial charge in [0.25, 0.3) is 18.1 Å². The molecule has 0 bridgehead atoms. The Kier molecular flexibility index (Phi) is 5.04. The van der Waals surface area contributed by atoms with Gasteiger partial charge < -0.3 is 0 Å². The molecule has 0 heterocycles. The minimum Gasteiger partial charge on any atom is -0.218 e. The minimum atomic E-state index is -4.55. The fourth-order valence-electron chi connectivity index (χ4n) is 1.98. The van der Waals surface area contributed by atoms with E-state index in [0.29, 0.717) is 0 Å². The molecule has 0 radical (unpaired) electrons. The average molecular weight is 429 g/mol. The molecule has 2 aromatic carbocycles. The molecular formula is C13H10Cl2O6S3. The molecule has 0 aliphatic rings. The SMILES string of the molecule is Cc1ccc(S(=O)(=O)c2c(S(=O)(=O)Cl)cccc2S(=O)(=O)Cl)cc1. The van der Waals surface area contributed by atoms with E-state index in [9.17, 15) is 25.3 Å². The van der Waals surface area contributed by atoms with Gasteiger partial charge in [-0.1, -0.05) is 23.8 Å². The van der Waals surface area contributed by atoms with Crippen LogP contribution in [0.25, 0.3) is 0 Å². The Morgan fingerprint density at radius 3 is 1.50 bits per heavy atom. The largest absolute Gasteiger partial charge is 0.262 e. The second-order valence-electron chi connectivity index (χ2n) is 4.78. The minimum absolute atomic E-state index is 0.289. The number of hydrogen-bond acceptors (Lipinski definition) is 6. The molecule has 2 rings (SSSR count). The highest BCUT2D eigenvalue weighted by Crippen LogP contribution is 2.35. The molecule has 0 amide bonds. The van der Waals surface area contributed by atoms with E-state index >= 15 is 0 Å². The lowest BCUT2D eigenvalue weighted by Gasteiger charge is -2.12. The summed E-state index contributed by atoms with van der Waals surface area (Å²) >= 11 is 0. The third kappa shape index (κ3) is 3.75. The van der Waals surface area contributed by atoms with Crippen molar-refractivity contribution in [3.63, 3.8) is 0 Å². The van der Waals surface area contributed by atoms with Gasteiger partial charge in [-0.3, -0.25) is 0 Å². The summed E-state index contributed by atoms with van der Waals surface area (Å²) in [5.74, 6) is 0. The number of benzene rings is 2. The van der Waals surface area contributed by atoms with Crippen molar-refractivity contribution in [1.82, 2.24) is 0 Å². The van der Waals surface area contributed by atoms with Gasteiger partial charge in [-0.2, -0.15) is 0 Å². The topological polar surface area (TPSA) is 102 Å². The maximum Gasteiger partial charge on any atom is 0.262 e. The standard InChI is InChI=1S/C13H10Cl2O6S3/c1-9-5-7-10(8-6-9)22(16,17)13-11(23(14,18)19)3-2-4-12(13)24(15,20)21/h2-8H,1H3. The second-order valence-corrected chi connectivity index (χ2v) is 11.7. The van der Waals surface area contributed by atoms with Crippen LogP contribution in [0.2, 0.25) is 0 Å². The number of rotatable bonds is 4. The normalized spacial score (nSPS) is 13.0. The Bertz CT molecular complexity index is 1050. The highest BCUT2D eigenvalue weighted by molar-refractivity contribution is 8.15. The van der Waals surface area contributed by atoms with Crippen LogP contribution < -0.4 is 0 Å². The van der Waals surface area contributed by atoms with Crippen molar-refractivity contribution in [2.45, 2.75) is 26.5 Å². The molecule has 0 N–H and O–H groups in total. The first-order chi connectivity index (χ1) is 10.8. The van der Waals surface area contributed by atoms with E-state index in [1.807, 2.05) is 0 Å². The van der Waals surface area contributed by atoms with Crippen LogP contribution >= 0.6 is 21.4 Å². The van der Waals surface area contributed by atoms with Crippen molar-refractivity contribution in [2.75, 3.05) is 0 Å². The summed E-state index contributed by atoms with van der Waals surface area (Å²) in [7, 11) is -3.05. The number of sulfone groups is 1.